The minimum Gasteiger partial charge on any atom is -0.494 e. The van der Waals surface area contributed by atoms with Crippen molar-refractivity contribution < 1.29 is 14.6 Å². The van der Waals surface area contributed by atoms with E-state index in [1.807, 2.05) is 13.8 Å². The molecule has 0 aliphatic rings. The molecule has 5 N–H and O–H groups in total. The number of rotatable bonds is 6. The lowest BCUT2D eigenvalue weighted by molar-refractivity contribution is -0.117. The Labute approximate surface area is 114 Å². The molecule has 5 nitrogen and oxygen atoms in total. The van der Waals surface area contributed by atoms with Gasteiger partial charge in [-0.05, 0) is 23.7 Å². The molecule has 0 heterocycles. The highest BCUT2D eigenvalue weighted by atomic mass is 16.5. The Morgan fingerprint density at radius 1 is 1.32 bits per heavy atom. The van der Waals surface area contributed by atoms with Gasteiger partial charge in [-0.25, -0.2) is 0 Å². The molecule has 1 rings (SSSR count). The summed E-state index contributed by atoms with van der Waals surface area (Å²) < 4.78 is 5.33. The minimum absolute atomic E-state index is 0.125. The Morgan fingerprint density at radius 3 is 2.26 bits per heavy atom. The zero-order valence-electron chi connectivity index (χ0n) is 11.6. The van der Waals surface area contributed by atoms with E-state index in [-0.39, 0.29) is 18.9 Å². The molecule has 0 aliphatic carbocycles. The first-order valence-electron chi connectivity index (χ1n) is 6.32. The first-order valence-corrected chi connectivity index (χ1v) is 6.32. The molecule has 0 saturated heterocycles. The van der Waals surface area contributed by atoms with Crippen LogP contribution in [0.3, 0.4) is 0 Å². The van der Waals surface area contributed by atoms with Gasteiger partial charge >= 0.3 is 0 Å². The van der Waals surface area contributed by atoms with Crippen molar-refractivity contribution in [2.75, 3.05) is 13.2 Å². The number of ether oxygens (including phenoxy) is 1. The Balaban J connectivity index is 0.000000711. The van der Waals surface area contributed by atoms with E-state index < -0.39 is 0 Å². The van der Waals surface area contributed by atoms with Gasteiger partial charge in [0.2, 0.25) is 5.91 Å². The van der Waals surface area contributed by atoms with E-state index in [1.54, 1.807) is 24.3 Å². The van der Waals surface area contributed by atoms with E-state index >= 15 is 0 Å². The number of nitrogens with two attached hydrogens (primary N) is 2. The van der Waals surface area contributed by atoms with E-state index in [4.69, 9.17) is 21.3 Å². The van der Waals surface area contributed by atoms with Crippen molar-refractivity contribution in [2.45, 2.75) is 32.7 Å². The summed E-state index contributed by atoms with van der Waals surface area (Å²) in [6.07, 6.45) is 0.861. The monoisotopic (exact) mass is 268 g/mol. The van der Waals surface area contributed by atoms with Crippen molar-refractivity contribution in [3.8, 4) is 5.75 Å². The molecule has 0 aliphatic heterocycles. The molecule has 0 saturated carbocycles. The maximum Gasteiger partial charge on any atom is 0.221 e. The predicted octanol–water partition coefficient (Wildman–Crippen LogP) is 0.829. The van der Waals surface area contributed by atoms with Crippen LogP contribution < -0.4 is 16.2 Å². The van der Waals surface area contributed by atoms with Crippen molar-refractivity contribution in [3.05, 3.63) is 29.8 Å². The third-order valence-electron chi connectivity index (χ3n) is 1.87. The fourth-order valence-corrected chi connectivity index (χ4v) is 1.16. The Hall–Kier alpha value is -1.59. The summed E-state index contributed by atoms with van der Waals surface area (Å²) in [4.78, 5) is 10.6. The van der Waals surface area contributed by atoms with Crippen LogP contribution in [-0.4, -0.2) is 30.3 Å². The number of carbonyl (C=O) groups is 1. The molecule has 1 aromatic carbocycles. The lowest BCUT2D eigenvalue weighted by atomic mass is 10.1. The van der Waals surface area contributed by atoms with Crippen LogP contribution in [0.1, 0.15) is 25.8 Å². The van der Waals surface area contributed by atoms with Gasteiger partial charge < -0.3 is 21.3 Å². The molecule has 0 fully saturated rings. The number of amides is 1. The predicted molar refractivity (Wildman–Crippen MR) is 75.9 cm³/mol. The molecule has 108 valence electrons. The van der Waals surface area contributed by atoms with Gasteiger partial charge in [0.05, 0.1) is 13.0 Å². The van der Waals surface area contributed by atoms with Gasteiger partial charge in [0, 0.05) is 13.0 Å². The third-order valence-corrected chi connectivity index (χ3v) is 1.87. The Bertz CT molecular complexity index is 347. The SMILES string of the molecule is CC(C)N.NC(=O)Cc1ccc(OCCCO)cc1. The molecule has 0 bridgehead atoms. The highest BCUT2D eigenvalue weighted by molar-refractivity contribution is 5.76. The maximum atomic E-state index is 10.6. The molecule has 0 unspecified atom stereocenters. The third kappa shape index (κ3) is 11.2. The molecule has 0 aromatic heterocycles. The highest BCUT2D eigenvalue weighted by Gasteiger charge is 1.98. The van der Waals surface area contributed by atoms with Crippen molar-refractivity contribution >= 4 is 5.91 Å². The number of aliphatic hydroxyl groups is 1. The fourth-order valence-electron chi connectivity index (χ4n) is 1.16. The second-order valence-corrected chi connectivity index (χ2v) is 4.46. The van der Waals surface area contributed by atoms with E-state index in [2.05, 4.69) is 0 Å². The van der Waals surface area contributed by atoms with Gasteiger partial charge in [-0.1, -0.05) is 26.0 Å². The normalized spacial score (nSPS) is 9.74. The summed E-state index contributed by atoms with van der Waals surface area (Å²) in [6.45, 7) is 4.51. The topological polar surface area (TPSA) is 98.6 Å². The van der Waals surface area contributed by atoms with Gasteiger partial charge in [-0.3, -0.25) is 4.79 Å². The molecule has 19 heavy (non-hydrogen) atoms. The Kier molecular flexibility index (Phi) is 9.48. The van der Waals surface area contributed by atoms with Crippen LogP contribution in [0, 0.1) is 0 Å². The maximum absolute atomic E-state index is 10.6. The summed E-state index contributed by atoms with van der Waals surface area (Å²) in [5.74, 6) is 0.389. The Morgan fingerprint density at radius 2 is 1.84 bits per heavy atom. The second-order valence-electron chi connectivity index (χ2n) is 4.46. The average molecular weight is 268 g/mol. The standard InChI is InChI=1S/C11H15NO3.C3H9N/c12-11(14)8-9-2-4-10(5-3-9)15-7-1-6-13;1-3(2)4/h2-5,13H,1,6-8H2,(H2,12,14);3H,4H2,1-2H3. The van der Waals surface area contributed by atoms with E-state index in [0.29, 0.717) is 19.1 Å². The molecule has 1 amide bonds. The van der Waals surface area contributed by atoms with Crippen LogP contribution in [0.4, 0.5) is 0 Å². The van der Waals surface area contributed by atoms with Crippen molar-refractivity contribution in [3.63, 3.8) is 0 Å². The summed E-state index contributed by atoms with van der Waals surface area (Å²) >= 11 is 0. The van der Waals surface area contributed by atoms with E-state index in [1.165, 1.54) is 0 Å². The average Bonchev–Trinajstić information content (AvgIpc) is 2.30. The zero-order valence-corrected chi connectivity index (χ0v) is 11.6. The van der Waals surface area contributed by atoms with Crippen LogP contribution in [0.25, 0.3) is 0 Å². The van der Waals surface area contributed by atoms with E-state index in [9.17, 15) is 4.79 Å². The van der Waals surface area contributed by atoms with Crippen molar-refractivity contribution in [2.24, 2.45) is 11.5 Å². The molecule has 0 atom stereocenters. The van der Waals surface area contributed by atoms with Gasteiger partial charge in [-0.2, -0.15) is 0 Å². The quantitative estimate of drug-likeness (QED) is 0.665. The lowest BCUT2D eigenvalue weighted by Crippen LogP contribution is -2.13. The second kappa shape index (κ2) is 10.3. The van der Waals surface area contributed by atoms with Crippen LogP contribution in [0.15, 0.2) is 24.3 Å². The fraction of sp³-hybridized carbons (Fsp3) is 0.500. The summed E-state index contributed by atoms with van der Waals surface area (Å²) in [5.41, 5.74) is 11.0. The molecule has 1 aromatic rings. The number of aliphatic hydroxyl groups excluding tert-OH is 1. The number of hydrogen-bond donors (Lipinski definition) is 3. The minimum atomic E-state index is -0.344. The number of carbonyl (C=O) groups excluding carboxylic acids is 1. The largest absolute Gasteiger partial charge is 0.494 e. The summed E-state index contributed by atoms with van der Waals surface area (Å²) in [5, 5.41) is 8.56. The van der Waals surface area contributed by atoms with Gasteiger partial charge in [0.15, 0.2) is 0 Å². The summed E-state index contributed by atoms with van der Waals surface area (Å²) in [7, 11) is 0. The first kappa shape index (κ1) is 17.4. The van der Waals surface area contributed by atoms with Crippen molar-refractivity contribution in [1.29, 1.82) is 0 Å². The van der Waals surface area contributed by atoms with Crippen LogP contribution in [0.2, 0.25) is 0 Å². The number of primary amides is 1. The molecule has 0 spiro atoms. The highest BCUT2D eigenvalue weighted by Crippen LogP contribution is 2.12. The smallest absolute Gasteiger partial charge is 0.221 e. The first-order chi connectivity index (χ1) is 8.95. The van der Waals surface area contributed by atoms with Crippen LogP contribution in [0.5, 0.6) is 5.75 Å². The van der Waals surface area contributed by atoms with Gasteiger partial charge in [0.25, 0.3) is 0 Å². The molecule has 0 radical (unpaired) electrons. The van der Waals surface area contributed by atoms with Gasteiger partial charge in [0.1, 0.15) is 5.75 Å². The number of benzene rings is 1. The lowest BCUT2D eigenvalue weighted by Gasteiger charge is -2.05. The van der Waals surface area contributed by atoms with Crippen molar-refractivity contribution in [1.82, 2.24) is 0 Å². The molecular weight excluding hydrogens is 244 g/mol. The zero-order chi connectivity index (χ0) is 14.7. The summed E-state index contributed by atoms with van der Waals surface area (Å²) in [6, 6.07) is 7.52. The molecular formula is C14H24N2O3. The number of hydrogen-bond acceptors (Lipinski definition) is 4. The van der Waals surface area contributed by atoms with Crippen LogP contribution in [-0.2, 0) is 11.2 Å². The van der Waals surface area contributed by atoms with Crippen LogP contribution >= 0.6 is 0 Å². The van der Waals surface area contributed by atoms with Gasteiger partial charge in [-0.15, -0.1) is 0 Å². The molecule has 5 heteroatoms. The van der Waals surface area contributed by atoms with E-state index in [0.717, 1.165) is 11.3 Å².